The van der Waals surface area contributed by atoms with Gasteiger partial charge in [0.25, 0.3) is 11.8 Å². The molecule has 10 nitrogen and oxygen atoms in total. The summed E-state index contributed by atoms with van der Waals surface area (Å²) in [4.78, 5) is 67.8. The number of para-hydroxylation sites is 1. The normalized spacial score (nSPS) is 20.2. The minimum Gasteiger partial charge on any atom is -0.484 e. The van der Waals surface area contributed by atoms with Crippen LogP contribution in [0.4, 0.5) is 0 Å². The van der Waals surface area contributed by atoms with E-state index in [0.29, 0.717) is 17.6 Å². The molecule has 12 heteroatoms. The average molecular weight is 693 g/mol. The van der Waals surface area contributed by atoms with Gasteiger partial charge in [-0.3, -0.25) is 19.3 Å². The van der Waals surface area contributed by atoms with E-state index < -0.39 is 53.0 Å². The number of benzene rings is 1. The van der Waals surface area contributed by atoms with Crippen LogP contribution in [0.2, 0.25) is 0 Å². The summed E-state index contributed by atoms with van der Waals surface area (Å²) in [6, 6.07) is 7.87. The number of hydrogen-bond acceptors (Lipinski definition) is 9. The van der Waals surface area contributed by atoms with Crippen LogP contribution in [0.1, 0.15) is 92.9 Å². The van der Waals surface area contributed by atoms with Gasteiger partial charge in [-0.1, -0.05) is 65.1 Å². The standard InChI is InChI=1S/C35H53N2O8PS/c1-7-10-20-46(21-11-8-2,22-12-9-3)32(34(42)45-35(4,5)6)37-31(41)30(36-28(39)24-43-25-16-14-13-15-17-25)33(37)47-27(23-38)26-18-19-29(40)44-26/h13-17,23,26-27,30,33H,7-12,18-22,24H2,1-6H3,(H,36,39)/t26-,27?,30?,33?/m0/s1. The summed E-state index contributed by atoms with van der Waals surface area (Å²) in [5.41, 5.74) is -0.398. The number of carbonyl (C=O) groups is 5. The zero-order valence-electron chi connectivity index (χ0n) is 28.8. The van der Waals surface area contributed by atoms with Gasteiger partial charge >= 0.3 is 11.9 Å². The molecule has 262 valence electrons. The van der Waals surface area contributed by atoms with Crippen molar-refractivity contribution in [2.45, 2.75) is 121 Å². The van der Waals surface area contributed by atoms with Crippen molar-refractivity contribution in [3.63, 3.8) is 0 Å². The molecule has 2 aliphatic rings. The number of β-lactam (4-membered cyclic amide) rings is 1. The van der Waals surface area contributed by atoms with Crippen molar-refractivity contribution in [1.82, 2.24) is 10.2 Å². The number of nitrogens with zero attached hydrogens (tertiary/aromatic N) is 1. The molecule has 1 N–H and O–H groups in total. The van der Waals surface area contributed by atoms with Gasteiger partial charge in [0, 0.05) is 6.42 Å². The predicted molar refractivity (Wildman–Crippen MR) is 188 cm³/mol. The van der Waals surface area contributed by atoms with Crippen LogP contribution in [-0.2, 0) is 33.4 Å². The van der Waals surface area contributed by atoms with E-state index in [1.165, 1.54) is 4.90 Å². The van der Waals surface area contributed by atoms with E-state index in [4.69, 9.17) is 14.2 Å². The molecule has 2 saturated heterocycles. The van der Waals surface area contributed by atoms with Gasteiger partial charge in [0.05, 0.1) is 5.25 Å². The highest BCUT2D eigenvalue weighted by atomic mass is 32.2. The molecule has 2 aliphatic heterocycles. The largest absolute Gasteiger partial charge is 0.484 e. The molecule has 47 heavy (non-hydrogen) atoms. The van der Waals surface area contributed by atoms with Crippen LogP contribution in [0.15, 0.2) is 30.3 Å². The lowest BCUT2D eigenvalue weighted by Crippen LogP contribution is -2.73. The van der Waals surface area contributed by atoms with Gasteiger partial charge < -0.3 is 24.3 Å². The van der Waals surface area contributed by atoms with Gasteiger partial charge in [0.15, 0.2) is 6.61 Å². The fourth-order valence-electron chi connectivity index (χ4n) is 5.87. The number of unbranched alkanes of at least 4 members (excludes halogenated alkanes) is 3. The van der Waals surface area contributed by atoms with Crippen molar-refractivity contribution in [2.75, 3.05) is 25.1 Å². The van der Waals surface area contributed by atoms with E-state index in [-0.39, 0.29) is 19.0 Å². The third kappa shape index (κ3) is 10.6. The Morgan fingerprint density at radius 2 is 1.64 bits per heavy atom. The maximum Gasteiger partial charge on any atom is 0.355 e. The minimum absolute atomic E-state index is 0.203. The highest BCUT2D eigenvalue weighted by molar-refractivity contribution is 8.01. The Labute approximate surface area is 284 Å². The Balaban J connectivity index is 2.11. The van der Waals surface area contributed by atoms with Crippen LogP contribution < -0.4 is 10.1 Å². The first-order valence-corrected chi connectivity index (χ1v) is 20.3. The molecule has 0 saturated carbocycles. The monoisotopic (exact) mass is 692 g/mol. The predicted octanol–water partition coefficient (Wildman–Crippen LogP) is 5.61. The maximum absolute atomic E-state index is 14.4. The van der Waals surface area contributed by atoms with Crippen molar-refractivity contribution >= 4 is 54.1 Å². The maximum atomic E-state index is 14.4. The third-order valence-corrected chi connectivity index (χ3v) is 14.6. The van der Waals surface area contributed by atoms with Gasteiger partial charge in [-0.05, 0) is 77.1 Å². The summed E-state index contributed by atoms with van der Waals surface area (Å²) in [5.74, 6) is -1.30. The van der Waals surface area contributed by atoms with E-state index in [1.54, 1.807) is 24.3 Å². The zero-order valence-corrected chi connectivity index (χ0v) is 30.5. The lowest BCUT2D eigenvalue weighted by atomic mass is 10.1. The number of rotatable bonds is 19. The molecular weight excluding hydrogens is 639 g/mol. The number of ether oxygens (including phenoxy) is 3. The molecule has 2 fully saturated rings. The van der Waals surface area contributed by atoms with Crippen LogP contribution in [0.25, 0.3) is 0 Å². The highest BCUT2D eigenvalue weighted by Gasteiger charge is 2.55. The van der Waals surface area contributed by atoms with Crippen molar-refractivity contribution < 1.29 is 38.2 Å². The van der Waals surface area contributed by atoms with Crippen molar-refractivity contribution in [3.05, 3.63) is 30.3 Å². The molecule has 0 aliphatic carbocycles. The summed E-state index contributed by atoms with van der Waals surface area (Å²) in [7, 11) is 0. The summed E-state index contributed by atoms with van der Waals surface area (Å²) in [6.07, 6.45) is 8.58. The fraction of sp³-hybridized carbons (Fsp3) is 0.657. The Morgan fingerprint density at radius 1 is 1.04 bits per heavy atom. The Kier molecular flexibility index (Phi) is 14.9. The smallest absolute Gasteiger partial charge is 0.355 e. The van der Waals surface area contributed by atoms with Crippen molar-refractivity contribution in [1.29, 1.82) is 0 Å². The number of esters is 2. The molecule has 3 unspecified atom stereocenters. The van der Waals surface area contributed by atoms with Crippen LogP contribution in [0.3, 0.4) is 0 Å². The molecule has 3 rings (SSSR count). The SMILES string of the molecule is CCCCP(CCCC)(CCCC)=C(C(=O)OC(C)(C)C)N1C(=O)C(NC(=O)COc2ccccc2)C1SC(C=O)[C@@H]1CCC(=O)O1. The second kappa shape index (κ2) is 18.1. The van der Waals surface area contributed by atoms with Crippen LogP contribution in [0, 0.1) is 0 Å². The first kappa shape index (κ1) is 38.7. The molecule has 0 radical (unpaired) electrons. The number of thioether (sulfide) groups is 1. The van der Waals surface area contributed by atoms with E-state index in [9.17, 15) is 24.0 Å². The van der Waals surface area contributed by atoms with E-state index >= 15 is 0 Å². The number of hydrogen-bond donors (Lipinski definition) is 1. The molecule has 1 aromatic rings. The van der Waals surface area contributed by atoms with Crippen molar-refractivity contribution in [2.24, 2.45) is 0 Å². The molecular formula is C35H53N2O8PS. The zero-order chi connectivity index (χ0) is 34.6. The lowest BCUT2D eigenvalue weighted by molar-refractivity contribution is -0.151. The minimum atomic E-state index is -2.27. The number of nitrogens with one attached hydrogen (secondary N) is 1. The van der Waals surface area contributed by atoms with Gasteiger partial charge in [-0.2, -0.15) is 0 Å². The quantitative estimate of drug-likeness (QED) is 0.0851. The second-order valence-electron chi connectivity index (χ2n) is 13.3. The van der Waals surface area contributed by atoms with E-state index in [0.717, 1.165) is 75.1 Å². The number of carbonyl (C=O) groups excluding carboxylic acids is 5. The lowest BCUT2D eigenvalue weighted by Gasteiger charge is -2.50. The Hall–Kier alpha value is -2.78. The Morgan fingerprint density at radius 3 is 2.13 bits per heavy atom. The molecule has 0 aromatic heterocycles. The summed E-state index contributed by atoms with van der Waals surface area (Å²) < 4.78 is 17.1. The number of likely N-dealkylation sites (tertiary alicyclic amines) is 1. The number of aldehydes is 1. The first-order chi connectivity index (χ1) is 22.4. The second-order valence-corrected chi connectivity index (χ2v) is 18.6. The molecule has 2 heterocycles. The summed E-state index contributed by atoms with van der Waals surface area (Å²) >= 11 is 1.15. The van der Waals surface area contributed by atoms with Crippen LogP contribution in [-0.4, -0.2) is 93.8 Å². The topological polar surface area (TPSA) is 128 Å². The van der Waals surface area contributed by atoms with Crippen LogP contribution in [0.5, 0.6) is 5.75 Å². The van der Waals surface area contributed by atoms with Crippen molar-refractivity contribution in [3.8, 4) is 5.75 Å². The first-order valence-electron chi connectivity index (χ1n) is 17.0. The number of cyclic esters (lactones) is 1. The highest BCUT2D eigenvalue weighted by Crippen LogP contribution is 2.54. The van der Waals surface area contributed by atoms with Crippen LogP contribution >= 0.6 is 18.6 Å². The average Bonchev–Trinajstić information content (AvgIpc) is 3.48. The van der Waals surface area contributed by atoms with Gasteiger partial charge in [0.2, 0.25) is 0 Å². The molecule has 0 bridgehead atoms. The Bertz CT molecular complexity index is 1270. The molecule has 2 amide bonds. The fourth-order valence-corrected chi connectivity index (χ4v) is 12.6. The van der Waals surface area contributed by atoms with E-state index in [2.05, 4.69) is 26.1 Å². The van der Waals surface area contributed by atoms with Gasteiger partial charge in [-0.25, -0.2) is 4.79 Å². The molecule has 0 spiro atoms. The molecule has 4 atom stereocenters. The summed E-state index contributed by atoms with van der Waals surface area (Å²) in [6.45, 7) is 9.20. The summed E-state index contributed by atoms with van der Waals surface area (Å²) in [5, 5.41) is 1.23. The number of amides is 2. The third-order valence-electron chi connectivity index (χ3n) is 8.26. The van der Waals surface area contributed by atoms with Gasteiger partial charge in [-0.15, -0.1) is 11.8 Å². The van der Waals surface area contributed by atoms with Gasteiger partial charge in [0.1, 0.15) is 40.6 Å². The van der Waals surface area contributed by atoms with E-state index in [1.807, 2.05) is 26.8 Å². The molecule has 1 aromatic carbocycles.